The topological polar surface area (TPSA) is 57.8 Å². The van der Waals surface area contributed by atoms with E-state index in [0.29, 0.717) is 12.4 Å². The van der Waals surface area contributed by atoms with Crippen LogP contribution in [0.15, 0.2) is 27.7 Å². The Labute approximate surface area is 91.0 Å². The first-order chi connectivity index (χ1) is 7.29. The van der Waals surface area contributed by atoms with Crippen LogP contribution in [-0.2, 0) is 6.54 Å². The van der Waals surface area contributed by atoms with Crippen LogP contribution < -0.4 is 10.9 Å². The zero-order chi connectivity index (χ0) is 10.7. The van der Waals surface area contributed by atoms with Gasteiger partial charge in [0.25, 0.3) is 5.56 Å². The summed E-state index contributed by atoms with van der Waals surface area (Å²) < 4.78 is 0. The molecule has 0 amide bonds. The van der Waals surface area contributed by atoms with E-state index in [2.05, 4.69) is 15.3 Å². The van der Waals surface area contributed by atoms with E-state index in [1.807, 2.05) is 23.9 Å². The highest BCUT2D eigenvalue weighted by Crippen LogP contribution is 2.16. The largest absolute Gasteiger partial charge is 0.314 e. The van der Waals surface area contributed by atoms with Crippen molar-refractivity contribution < 1.29 is 0 Å². The third kappa shape index (κ3) is 2.31. The number of aromatic nitrogens is 2. The van der Waals surface area contributed by atoms with Gasteiger partial charge in [-0.05, 0) is 18.5 Å². The molecule has 0 aromatic carbocycles. The number of rotatable bonds is 3. The highest BCUT2D eigenvalue weighted by Gasteiger charge is 2.03. The van der Waals surface area contributed by atoms with E-state index in [9.17, 15) is 4.79 Å². The van der Waals surface area contributed by atoms with Gasteiger partial charge in [-0.15, -0.1) is 0 Å². The summed E-state index contributed by atoms with van der Waals surface area (Å²) in [6, 6.07) is 3.44. The van der Waals surface area contributed by atoms with Gasteiger partial charge in [-0.2, -0.15) is 11.3 Å². The second-order valence-electron chi connectivity index (χ2n) is 3.13. The molecule has 0 atom stereocenters. The van der Waals surface area contributed by atoms with Crippen molar-refractivity contribution >= 4 is 11.3 Å². The van der Waals surface area contributed by atoms with Crippen molar-refractivity contribution in [2.24, 2.45) is 0 Å². The number of thiophene rings is 1. The number of hydrogen-bond acceptors (Lipinski definition) is 4. The van der Waals surface area contributed by atoms with E-state index in [1.165, 1.54) is 6.07 Å². The fourth-order valence-electron chi connectivity index (χ4n) is 1.32. The zero-order valence-corrected chi connectivity index (χ0v) is 9.10. The van der Waals surface area contributed by atoms with Crippen LogP contribution in [0, 0.1) is 0 Å². The quantitative estimate of drug-likeness (QED) is 0.819. The van der Waals surface area contributed by atoms with Gasteiger partial charge >= 0.3 is 0 Å². The predicted molar refractivity (Wildman–Crippen MR) is 60.9 cm³/mol. The van der Waals surface area contributed by atoms with E-state index in [0.717, 1.165) is 11.3 Å². The van der Waals surface area contributed by atoms with Crippen LogP contribution in [0.4, 0.5) is 0 Å². The first kappa shape index (κ1) is 10.1. The molecule has 2 heterocycles. The zero-order valence-electron chi connectivity index (χ0n) is 8.28. The van der Waals surface area contributed by atoms with Crippen molar-refractivity contribution in [2.45, 2.75) is 6.54 Å². The van der Waals surface area contributed by atoms with Crippen molar-refractivity contribution in [1.29, 1.82) is 0 Å². The lowest BCUT2D eigenvalue weighted by atomic mass is 10.3. The number of hydrogen-bond donors (Lipinski definition) is 2. The lowest BCUT2D eigenvalue weighted by molar-refractivity contribution is 0.785. The summed E-state index contributed by atoms with van der Waals surface area (Å²) in [4.78, 5) is 18.4. The Bertz CT molecular complexity index is 490. The Balaban J connectivity index is 2.44. The van der Waals surface area contributed by atoms with Gasteiger partial charge in [0.2, 0.25) is 0 Å². The van der Waals surface area contributed by atoms with Gasteiger partial charge in [0.1, 0.15) is 5.82 Å². The van der Waals surface area contributed by atoms with Gasteiger partial charge < -0.3 is 10.3 Å². The fraction of sp³-hybridized carbons (Fsp3) is 0.200. The van der Waals surface area contributed by atoms with Crippen molar-refractivity contribution in [3.63, 3.8) is 0 Å². The monoisotopic (exact) mass is 221 g/mol. The van der Waals surface area contributed by atoms with Crippen LogP contribution in [-0.4, -0.2) is 17.0 Å². The van der Waals surface area contributed by atoms with Gasteiger partial charge in [-0.1, -0.05) is 0 Å². The van der Waals surface area contributed by atoms with E-state index in [-0.39, 0.29) is 5.56 Å². The van der Waals surface area contributed by atoms with Crippen LogP contribution >= 0.6 is 11.3 Å². The molecule has 0 aliphatic heterocycles. The molecule has 2 aromatic rings. The molecule has 78 valence electrons. The fourth-order valence-corrected chi connectivity index (χ4v) is 1.96. The molecule has 4 nitrogen and oxygen atoms in total. The lowest BCUT2D eigenvalue weighted by Gasteiger charge is -2.01. The summed E-state index contributed by atoms with van der Waals surface area (Å²) in [5.74, 6) is 0.633. The molecule has 0 unspecified atom stereocenters. The van der Waals surface area contributed by atoms with Crippen LogP contribution in [0.2, 0.25) is 0 Å². The van der Waals surface area contributed by atoms with Crippen molar-refractivity contribution in [3.8, 4) is 11.4 Å². The SMILES string of the molecule is CNCc1cc(=O)[nH]c(-c2ccsc2)n1. The smallest absolute Gasteiger partial charge is 0.251 e. The third-order valence-electron chi connectivity index (χ3n) is 1.95. The molecule has 0 saturated heterocycles. The van der Waals surface area contributed by atoms with Crippen LogP contribution in [0.1, 0.15) is 5.69 Å². The summed E-state index contributed by atoms with van der Waals surface area (Å²) in [7, 11) is 1.83. The van der Waals surface area contributed by atoms with E-state index < -0.39 is 0 Å². The highest BCUT2D eigenvalue weighted by atomic mass is 32.1. The van der Waals surface area contributed by atoms with Crippen molar-refractivity contribution in [1.82, 2.24) is 15.3 Å². The number of nitrogens with zero attached hydrogens (tertiary/aromatic N) is 1. The minimum atomic E-state index is -0.114. The number of aromatic amines is 1. The lowest BCUT2D eigenvalue weighted by Crippen LogP contribution is -2.14. The average molecular weight is 221 g/mol. The summed E-state index contributed by atoms with van der Waals surface area (Å²) in [5.41, 5.74) is 1.59. The van der Waals surface area contributed by atoms with Crippen LogP contribution in [0.5, 0.6) is 0 Å². The molecule has 2 N–H and O–H groups in total. The molecule has 0 fully saturated rings. The molecule has 0 saturated carbocycles. The summed E-state index contributed by atoms with van der Waals surface area (Å²) >= 11 is 1.58. The Kier molecular flexibility index (Phi) is 2.94. The second kappa shape index (κ2) is 4.37. The third-order valence-corrected chi connectivity index (χ3v) is 2.63. The predicted octanol–water partition coefficient (Wildman–Crippen LogP) is 1.22. The molecule has 5 heteroatoms. The highest BCUT2D eigenvalue weighted by molar-refractivity contribution is 7.08. The Morgan fingerprint density at radius 3 is 3.13 bits per heavy atom. The first-order valence-corrected chi connectivity index (χ1v) is 5.51. The van der Waals surface area contributed by atoms with E-state index >= 15 is 0 Å². The minimum absolute atomic E-state index is 0.114. The molecule has 0 aliphatic carbocycles. The van der Waals surface area contributed by atoms with Gasteiger partial charge in [-0.3, -0.25) is 4.79 Å². The summed E-state index contributed by atoms with van der Waals surface area (Å²) in [5, 5.41) is 6.89. The van der Waals surface area contributed by atoms with Gasteiger partial charge in [-0.25, -0.2) is 4.98 Å². The Hall–Kier alpha value is -1.46. The molecule has 2 rings (SSSR count). The normalized spacial score (nSPS) is 10.5. The molecule has 15 heavy (non-hydrogen) atoms. The second-order valence-corrected chi connectivity index (χ2v) is 3.91. The number of H-pyrrole nitrogens is 1. The summed E-state index contributed by atoms with van der Waals surface area (Å²) in [6.07, 6.45) is 0. The molecular formula is C10H11N3OS. The Morgan fingerprint density at radius 2 is 2.47 bits per heavy atom. The van der Waals surface area contributed by atoms with E-state index in [1.54, 1.807) is 11.3 Å². The minimum Gasteiger partial charge on any atom is -0.314 e. The van der Waals surface area contributed by atoms with Crippen LogP contribution in [0.25, 0.3) is 11.4 Å². The first-order valence-electron chi connectivity index (χ1n) is 4.57. The number of nitrogens with one attached hydrogen (secondary N) is 2. The van der Waals surface area contributed by atoms with Crippen molar-refractivity contribution in [2.75, 3.05) is 7.05 Å². The molecular weight excluding hydrogens is 210 g/mol. The molecule has 0 bridgehead atoms. The molecule has 0 aliphatic rings. The molecule has 0 radical (unpaired) electrons. The van der Waals surface area contributed by atoms with Crippen molar-refractivity contribution in [3.05, 3.63) is 38.9 Å². The maximum absolute atomic E-state index is 11.4. The van der Waals surface area contributed by atoms with Gasteiger partial charge in [0.15, 0.2) is 0 Å². The maximum atomic E-state index is 11.4. The van der Waals surface area contributed by atoms with Gasteiger partial charge in [0, 0.05) is 23.6 Å². The molecule has 2 aromatic heterocycles. The van der Waals surface area contributed by atoms with Crippen LogP contribution in [0.3, 0.4) is 0 Å². The van der Waals surface area contributed by atoms with Gasteiger partial charge in [0.05, 0.1) is 5.69 Å². The maximum Gasteiger partial charge on any atom is 0.251 e. The average Bonchev–Trinajstić information content (AvgIpc) is 2.70. The Morgan fingerprint density at radius 1 is 1.60 bits per heavy atom. The molecule has 0 spiro atoms. The summed E-state index contributed by atoms with van der Waals surface area (Å²) in [6.45, 7) is 0.598. The standard InChI is InChI=1S/C10H11N3OS/c1-11-5-8-4-9(14)13-10(12-8)7-2-3-15-6-7/h2-4,6,11H,5H2,1H3,(H,12,13,14). The van der Waals surface area contributed by atoms with E-state index in [4.69, 9.17) is 0 Å².